The summed E-state index contributed by atoms with van der Waals surface area (Å²) in [6.07, 6.45) is 5.16. The van der Waals surface area contributed by atoms with Crippen molar-refractivity contribution in [2.45, 2.75) is 44.9 Å². The zero-order valence-electron chi connectivity index (χ0n) is 13.1. The van der Waals surface area contributed by atoms with Crippen molar-refractivity contribution in [1.82, 2.24) is 0 Å². The summed E-state index contributed by atoms with van der Waals surface area (Å²) in [7, 11) is 0. The Morgan fingerprint density at radius 1 is 1.36 bits per heavy atom. The van der Waals surface area contributed by atoms with Crippen LogP contribution in [0.1, 0.15) is 60.9 Å². The third-order valence-corrected chi connectivity index (χ3v) is 6.59. The van der Waals surface area contributed by atoms with Crippen molar-refractivity contribution >= 4 is 5.78 Å². The Morgan fingerprint density at radius 3 is 2.95 bits per heavy atom. The Kier molecular flexibility index (Phi) is 2.90. The van der Waals surface area contributed by atoms with Crippen molar-refractivity contribution in [3.8, 4) is 5.75 Å². The number of hydrogen-bond acceptors (Lipinski definition) is 2. The minimum Gasteiger partial charge on any atom is -0.508 e. The first-order valence-electron chi connectivity index (χ1n) is 8.30. The van der Waals surface area contributed by atoms with Crippen LogP contribution in [0.2, 0.25) is 0 Å². The first kappa shape index (κ1) is 13.8. The number of allylic oxidation sites excluding steroid dienone is 1. The van der Waals surface area contributed by atoms with E-state index in [1.165, 1.54) is 5.57 Å². The highest BCUT2D eigenvalue weighted by Gasteiger charge is 2.53. The van der Waals surface area contributed by atoms with Gasteiger partial charge in [-0.2, -0.15) is 0 Å². The molecule has 0 unspecified atom stereocenters. The molecule has 0 heterocycles. The molecule has 4 rings (SSSR count). The zero-order valence-corrected chi connectivity index (χ0v) is 13.1. The maximum Gasteiger partial charge on any atom is 0.163 e. The molecule has 1 aromatic carbocycles. The number of carbonyl (C=O) groups excluding carboxylic acids is 1. The van der Waals surface area contributed by atoms with Gasteiger partial charge in [-0.3, -0.25) is 4.79 Å². The molecule has 2 fully saturated rings. The molecule has 22 heavy (non-hydrogen) atoms. The lowest BCUT2D eigenvalue weighted by atomic mass is 9.55. The third-order valence-electron chi connectivity index (χ3n) is 6.59. The van der Waals surface area contributed by atoms with E-state index in [9.17, 15) is 9.90 Å². The summed E-state index contributed by atoms with van der Waals surface area (Å²) in [4.78, 5) is 12.6. The van der Waals surface area contributed by atoms with Gasteiger partial charge in [0.25, 0.3) is 0 Å². The number of carbonyl (C=O) groups is 1. The molecule has 4 atom stereocenters. The third kappa shape index (κ3) is 1.71. The second-order valence-electron chi connectivity index (χ2n) is 7.43. The molecule has 0 spiro atoms. The molecule has 1 N–H and O–H groups in total. The van der Waals surface area contributed by atoms with Gasteiger partial charge >= 0.3 is 0 Å². The zero-order chi connectivity index (χ0) is 15.5. The van der Waals surface area contributed by atoms with Gasteiger partial charge in [0.1, 0.15) is 5.75 Å². The molecule has 1 aromatic rings. The number of hydrogen-bond donors (Lipinski definition) is 1. The lowest BCUT2D eigenvalue weighted by Crippen LogP contribution is -2.41. The maximum absolute atomic E-state index is 12.6. The van der Waals surface area contributed by atoms with Gasteiger partial charge in [-0.25, -0.2) is 0 Å². The van der Waals surface area contributed by atoms with Crippen LogP contribution in [0.5, 0.6) is 5.75 Å². The van der Waals surface area contributed by atoms with Crippen molar-refractivity contribution in [2.24, 2.45) is 17.3 Å². The summed E-state index contributed by atoms with van der Waals surface area (Å²) in [5.74, 6) is 1.88. The number of phenolic OH excluding ortho intramolecular Hbond substituents is 1. The van der Waals surface area contributed by atoms with Gasteiger partial charge in [0.15, 0.2) is 5.78 Å². The molecule has 2 saturated carbocycles. The fourth-order valence-electron chi connectivity index (χ4n) is 5.49. The van der Waals surface area contributed by atoms with Crippen LogP contribution < -0.4 is 0 Å². The van der Waals surface area contributed by atoms with Gasteiger partial charge in [-0.1, -0.05) is 19.6 Å². The number of Topliss-reactive ketones (excluding diaryl/α,β-unsaturated/α-hetero) is 1. The standard InChI is InChI=1S/C20H22O2/c1-3-12-4-7-18-16-11-19(22)17-10-13(21)5-6-14(17)15(16)8-9-20(12,18)2/h5-6,10,15-16,18,21H,1,4,7-9,11H2,2H3/t15-,16-,18+,20-/m1/s1. The van der Waals surface area contributed by atoms with E-state index in [-0.39, 0.29) is 16.9 Å². The normalized spacial score (nSPS) is 36.3. The lowest BCUT2D eigenvalue weighted by molar-refractivity contribution is 0.0653. The van der Waals surface area contributed by atoms with E-state index >= 15 is 0 Å². The Bertz CT molecular complexity index is 710. The van der Waals surface area contributed by atoms with E-state index in [0.717, 1.165) is 36.8 Å². The van der Waals surface area contributed by atoms with Gasteiger partial charge < -0.3 is 5.11 Å². The summed E-state index contributed by atoms with van der Waals surface area (Å²) in [6, 6.07) is 5.36. The second kappa shape index (κ2) is 4.60. The first-order chi connectivity index (χ1) is 10.5. The second-order valence-corrected chi connectivity index (χ2v) is 7.43. The van der Waals surface area contributed by atoms with Gasteiger partial charge in [0, 0.05) is 12.0 Å². The highest BCUT2D eigenvalue weighted by atomic mass is 16.3. The summed E-state index contributed by atoms with van der Waals surface area (Å²) < 4.78 is 0. The SMILES string of the molecule is C=C=C1CC[C@H]2[C@@H]3CC(=O)c4cc(O)ccc4[C@H]3CC[C@]12C. The average Bonchev–Trinajstić information content (AvgIpc) is 2.84. The smallest absolute Gasteiger partial charge is 0.163 e. The van der Waals surface area contributed by atoms with Crippen molar-refractivity contribution in [2.75, 3.05) is 0 Å². The molecule has 2 heteroatoms. The topological polar surface area (TPSA) is 37.3 Å². The summed E-state index contributed by atoms with van der Waals surface area (Å²) in [6.45, 7) is 6.24. The number of ketones is 1. The van der Waals surface area contributed by atoms with Crippen LogP contribution in [-0.2, 0) is 0 Å². The Labute approximate surface area is 131 Å². The summed E-state index contributed by atoms with van der Waals surface area (Å²) in [5, 5.41) is 9.69. The lowest BCUT2D eigenvalue weighted by Gasteiger charge is -2.48. The predicted octanol–water partition coefficient (Wildman–Crippen LogP) is 4.60. The van der Waals surface area contributed by atoms with E-state index < -0.39 is 0 Å². The van der Waals surface area contributed by atoms with E-state index in [2.05, 4.69) is 19.2 Å². The van der Waals surface area contributed by atoms with Crippen LogP contribution >= 0.6 is 0 Å². The van der Waals surface area contributed by atoms with Crippen LogP contribution in [-0.4, -0.2) is 10.9 Å². The van der Waals surface area contributed by atoms with Gasteiger partial charge in [-0.05, 0) is 72.1 Å². The highest BCUT2D eigenvalue weighted by Crippen LogP contribution is 2.62. The maximum atomic E-state index is 12.6. The fraction of sp³-hybridized carbons (Fsp3) is 0.500. The molecule has 114 valence electrons. The molecule has 0 radical (unpaired) electrons. The Hall–Kier alpha value is -1.79. The van der Waals surface area contributed by atoms with E-state index in [1.54, 1.807) is 12.1 Å². The van der Waals surface area contributed by atoms with Crippen molar-refractivity contribution in [3.05, 3.63) is 47.2 Å². The minimum absolute atomic E-state index is 0.192. The van der Waals surface area contributed by atoms with E-state index in [0.29, 0.717) is 24.2 Å². The van der Waals surface area contributed by atoms with Gasteiger partial charge in [0.2, 0.25) is 0 Å². The largest absolute Gasteiger partial charge is 0.508 e. The van der Waals surface area contributed by atoms with Crippen molar-refractivity contribution in [3.63, 3.8) is 0 Å². The molecular weight excluding hydrogens is 272 g/mol. The van der Waals surface area contributed by atoms with Gasteiger partial charge in [-0.15, -0.1) is 5.73 Å². The quantitative estimate of drug-likeness (QED) is 0.710. The van der Waals surface area contributed by atoms with E-state index in [1.807, 2.05) is 6.07 Å². The average molecular weight is 294 g/mol. The van der Waals surface area contributed by atoms with Crippen molar-refractivity contribution < 1.29 is 9.90 Å². The van der Waals surface area contributed by atoms with Crippen molar-refractivity contribution in [1.29, 1.82) is 0 Å². The predicted molar refractivity (Wildman–Crippen MR) is 86.0 cm³/mol. The monoisotopic (exact) mass is 294 g/mol. The molecular formula is C20H22O2. The molecule has 3 aliphatic rings. The van der Waals surface area contributed by atoms with Crippen LogP contribution in [0.15, 0.2) is 36.1 Å². The van der Waals surface area contributed by atoms with Crippen LogP contribution in [0, 0.1) is 17.3 Å². The number of aromatic hydroxyl groups is 1. The minimum atomic E-state index is 0.192. The molecule has 0 bridgehead atoms. The van der Waals surface area contributed by atoms with Crippen LogP contribution in [0.4, 0.5) is 0 Å². The number of rotatable bonds is 0. The van der Waals surface area contributed by atoms with Crippen LogP contribution in [0.3, 0.4) is 0 Å². The molecule has 0 saturated heterocycles. The Balaban J connectivity index is 1.79. The number of fused-ring (bicyclic) bond motifs is 5. The number of phenols is 1. The van der Waals surface area contributed by atoms with E-state index in [4.69, 9.17) is 0 Å². The van der Waals surface area contributed by atoms with Gasteiger partial charge in [0.05, 0.1) is 0 Å². The number of benzene rings is 1. The Morgan fingerprint density at radius 2 is 2.18 bits per heavy atom. The molecule has 0 amide bonds. The molecule has 2 nitrogen and oxygen atoms in total. The highest BCUT2D eigenvalue weighted by molar-refractivity contribution is 5.99. The molecule has 3 aliphatic carbocycles. The fourth-order valence-corrected chi connectivity index (χ4v) is 5.49. The molecule has 0 aromatic heterocycles. The molecule has 0 aliphatic heterocycles. The summed E-state index contributed by atoms with van der Waals surface area (Å²) in [5.41, 5.74) is 6.67. The summed E-state index contributed by atoms with van der Waals surface area (Å²) >= 11 is 0. The van der Waals surface area contributed by atoms with Crippen LogP contribution in [0.25, 0.3) is 0 Å². The first-order valence-corrected chi connectivity index (χ1v) is 8.30.